The minimum atomic E-state index is 0.370. The molecule has 18 heavy (non-hydrogen) atoms. The van der Waals surface area contributed by atoms with Gasteiger partial charge in [0.05, 0.1) is 0 Å². The van der Waals surface area contributed by atoms with Crippen LogP contribution in [0.15, 0.2) is 41.4 Å². The fourth-order valence-electron chi connectivity index (χ4n) is 1.61. The van der Waals surface area contributed by atoms with E-state index in [2.05, 4.69) is 55.0 Å². The summed E-state index contributed by atoms with van der Waals surface area (Å²) in [5.74, 6) is 0.854. The minimum Gasteiger partial charge on any atom is -0.370 e. The SMILES string of the molecule is C=C(C)CNC(N)=NCC(C)c1cccc(C)c1. The number of nitrogens with one attached hydrogen (secondary N) is 1. The lowest BCUT2D eigenvalue weighted by Gasteiger charge is -2.11. The Morgan fingerprint density at radius 3 is 2.83 bits per heavy atom. The number of hydrogen-bond acceptors (Lipinski definition) is 1. The Balaban J connectivity index is 2.52. The first kappa shape index (κ1) is 14.3. The molecule has 0 aliphatic rings. The van der Waals surface area contributed by atoms with Gasteiger partial charge >= 0.3 is 0 Å². The van der Waals surface area contributed by atoms with Crippen LogP contribution in [-0.4, -0.2) is 19.0 Å². The fraction of sp³-hybridized carbons (Fsp3) is 0.400. The van der Waals surface area contributed by atoms with E-state index < -0.39 is 0 Å². The van der Waals surface area contributed by atoms with Crippen molar-refractivity contribution in [3.63, 3.8) is 0 Å². The minimum absolute atomic E-state index is 0.370. The van der Waals surface area contributed by atoms with Gasteiger partial charge in [0.25, 0.3) is 0 Å². The number of aliphatic imine (C=N–C) groups is 1. The summed E-state index contributed by atoms with van der Waals surface area (Å²) in [5.41, 5.74) is 9.39. The van der Waals surface area contributed by atoms with Crippen molar-refractivity contribution < 1.29 is 0 Å². The van der Waals surface area contributed by atoms with Crippen molar-refractivity contribution in [2.45, 2.75) is 26.7 Å². The molecule has 1 aromatic carbocycles. The van der Waals surface area contributed by atoms with Crippen molar-refractivity contribution in [1.82, 2.24) is 5.32 Å². The monoisotopic (exact) mass is 245 g/mol. The van der Waals surface area contributed by atoms with E-state index in [1.54, 1.807) is 0 Å². The molecule has 1 unspecified atom stereocenters. The Morgan fingerprint density at radius 2 is 2.22 bits per heavy atom. The summed E-state index contributed by atoms with van der Waals surface area (Å²) in [6.07, 6.45) is 0. The zero-order valence-electron chi connectivity index (χ0n) is 11.5. The standard InChI is InChI=1S/C15H23N3/c1-11(2)9-17-15(16)18-10-13(4)14-7-5-6-12(3)8-14/h5-8,13H,1,9-10H2,2-4H3,(H3,16,17,18). The van der Waals surface area contributed by atoms with Crippen molar-refractivity contribution in [2.75, 3.05) is 13.1 Å². The number of nitrogens with zero attached hydrogens (tertiary/aromatic N) is 1. The van der Waals surface area contributed by atoms with Crippen LogP contribution in [0.3, 0.4) is 0 Å². The van der Waals surface area contributed by atoms with Crippen molar-refractivity contribution in [3.05, 3.63) is 47.5 Å². The van der Waals surface area contributed by atoms with E-state index in [1.807, 2.05) is 6.92 Å². The molecule has 1 aromatic rings. The van der Waals surface area contributed by atoms with Crippen LogP contribution in [0.5, 0.6) is 0 Å². The molecule has 0 aliphatic carbocycles. The van der Waals surface area contributed by atoms with E-state index in [9.17, 15) is 0 Å². The van der Waals surface area contributed by atoms with Crippen LogP contribution in [0, 0.1) is 6.92 Å². The quantitative estimate of drug-likeness (QED) is 0.476. The van der Waals surface area contributed by atoms with E-state index >= 15 is 0 Å². The van der Waals surface area contributed by atoms with Crippen LogP contribution in [0.1, 0.15) is 30.9 Å². The van der Waals surface area contributed by atoms with Crippen LogP contribution in [0.2, 0.25) is 0 Å². The third-order valence-corrected chi connectivity index (χ3v) is 2.72. The van der Waals surface area contributed by atoms with E-state index in [0.717, 1.165) is 5.57 Å². The summed E-state index contributed by atoms with van der Waals surface area (Å²) in [5, 5.41) is 3.03. The smallest absolute Gasteiger partial charge is 0.188 e. The van der Waals surface area contributed by atoms with Gasteiger partial charge in [-0.05, 0) is 19.4 Å². The molecule has 3 heteroatoms. The van der Waals surface area contributed by atoms with Gasteiger partial charge in [-0.15, -0.1) is 0 Å². The van der Waals surface area contributed by atoms with Gasteiger partial charge in [0.15, 0.2) is 5.96 Å². The zero-order chi connectivity index (χ0) is 13.5. The molecule has 3 N–H and O–H groups in total. The van der Waals surface area contributed by atoms with Crippen LogP contribution in [0.25, 0.3) is 0 Å². The molecule has 0 saturated carbocycles. The molecule has 3 nitrogen and oxygen atoms in total. The van der Waals surface area contributed by atoms with E-state index in [4.69, 9.17) is 5.73 Å². The second-order valence-electron chi connectivity index (χ2n) is 4.85. The first-order valence-corrected chi connectivity index (χ1v) is 6.23. The Kier molecular flexibility index (Phi) is 5.43. The van der Waals surface area contributed by atoms with Gasteiger partial charge in [-0.25, -0.2) is 0 Å². The average Bonchev–Trinajstić information content (AvgIpc) is 2.33. The molecule has 1 rings (SSSR count). The molecule has 0 heterocycles. The van der Waals surface area contributed by atoms with E-state index in [0.29, 0.717) is 25.0 Å². The Morgan fingerprint density at radius 1 is 1.50 bits per heavy atom. The molecule has 0 amide bonds. The number of aryl methyl sites for hydroxylation is 1. The molecule has 98 valence electrons. The number of nitrogens with two attached hydrogens (primary N) is 1. The first-order chi connectivity index (χ1) is 8.49. The van der Waals surface area contributed by atoms with Crippen LogP contribution in [0.4, 0.5) is 0 Å². The lowest BCUT2D eigenvalue weighted by molar-refractivity contribution is 0.766. The number of guanidine groups is 1. The van der Waals surface area contributed by atoms with Gasteiger partial charge in [-0.2, -0.15) is 0 Å². The van der Waals surface area contributed by atoms with Gasteiger partial charge in [-0.3, -0.25) is 4.99 Å². The molecule has 0 spiro atoms. The van der Waals surface area contributed by atoms with Gasteiger partial charge < -0.3 is 11.1 Å². The lowest BCUT2D eigenvalue weighted by Crippen LogP contribution is -2.33. The molecule has 0 aromatic heterocycles. The number of rotatable bonds is 5. The largest absolute Gasteiger partial charge is 0.370 e. The predicted molar refractivity (Wildman–Crippen MR) is 78.9 cm³/mol. The van der Waals surface area contributed by atoms with E-state index in [1.165, 1.54) is 11.1 Å². The Labute approximate surface area is 110 Å². The summed E-state index contributed by atoms with van der Waals surface area (Å²) in [6.45, 7) is 11.4. The fourth-order valence-corrected chi connectivity index (χ4v) is 1.61. The Bertz CT molecular complexity index is 435. The summed E-state index contributed by atoms with van der Waals surface area (Å²) >= 11 is 0. The van der Waals surface area contributed by atoms with Crippen LogP contribution < -0.4 is 11.1 Å². The summed E-state index contributed by atoms with van der Waals surface area (Å²) < 4.78 is 0. The summed E-state index contributed by atoms with van der Waals surface area (Å²) in [4.78, 5) is 4.34. The number of hydrogen-bond donors (Lipinski definition) is 2. The molecule has 0 bridgehead atoms. The lowest BCUT2D eigenvalue weighted by atomic mass is 10.00. The van der Waals surface area contributed by atoms with Crippen molar-refractivity contribution in [1.29, 1.82) is 0 Å². The van der Waals surface area contributed by atoms with Gasteiger partial charge in [0, 0.05) is 19.0 Å². The molecular weight excluding hydrogens is 222 g/mol. The molecule has 0 radical (unpaired) electrons. The average molecular weight is 245 g/mol. The normalized spacial score (nSPS) is 13.2. The third kappa shape index (κ3) is 5.04. The van der Waals surface area contributed by atoms with Gasteiger partial charge in [0.1, 0.15) is 0 Å². The van der Waals surface area contributed by atoms with Crippen LogP contribution >= 0.6 is 0 Å². The highest BCUT2D eigenvalue weighted by molar-refractivity contribution is 5.78. The molecule has 1 atom stereocenters. The van der Waals surface area contributed by atoms with Crippen molar-refractivity contribution in [3.8, 4) is 0 Å². The molecule has 0 saturated heterocycles. The maximum atomic E-state index is 5.78. The predicted octanol–water partition coefficient (Wildman–Crippen LogP) is 2.58. The van der Waals surface area contributed by atoms with Gasteiger partial charge in [-0.1, -0.05) is 48.9 Å². The maximum absolute atomic E-state index is 5.78. The van der Waals surface area contributed by atoms with Crippen molar-refractivity contribution >= 4 is 5.96 Å². The molecular formula is C15H23N3. The van der Waals surface area contributed by atoms with E-state index in [-0.39, 0.29) is 0 Å². The maximum Gasteiger partial charge on any atom is 0.188 e. The highest BCUT2D eigenvalue weighted by Crippen LogP contribution is 2.16. The Hall–Kier alpha value is -1.77. The molecule has 0 fully saturated rings. The summed E-state index contributed by atoms with van der Waals surface area (Å²) in [6, 6.07) is 8.50. The topological polar surface area (TPSA) is 50.4 Å². The second kappa shape index (κ2) is 6.84. The van der Waals surface area contributed by atoms with Crippen LogP contribution in [-0.2, 0) is 0 Å². The highest BCUT2D eigenvalue weighted by Gasteiger charge is 2.04. The van der Waals surface area contributed by atoms with Crippen molar-refractivity contribution in [2.24, 2.45) is 10.7 Å². The third-order valence-electron chi connectivity index (χ3n) is 2.72. The highest BCUT2D eigenvalue weighted by atomic mass is 15.1. The van der Waals surface area contributed by atoms with Gasteiger partial charge in [0.2, 0.25) is 0 Å². The summed E-state index contributed by atoms with van der Waals surface area (Å²) in [7, 11) is 0. The second-order valence-corrected chi connectivity index (χ2v) is 4.85. The molecule has 0 aliphatic heterocycles. The zero-order valence-corrected chi connectivity index (χ0v) is 11.5. The first-order valence-electron chi connectivity index (χ1n) is 6.23. The number of benzene rings is 1.